The highest BCUT2D eigenvalue weighted by Gasteiger charge is 2.21. The zero-order valence-corrected chi connectivity index (χ0v) is 17.9. The quantitative estimate of drug-likeness (QED) is 0.470. The Bertz CT molecular complexity index is 1070. The molecule has 30 heavy (non-hydrogen) atoms. The van der Waals surface area contributed by atoms with Crippen molar-refractivity contribution in [2.75, 3.05) is 37.3 Å². The number of thioether (sulfide) groups is 1. The molecule has 0 aliphatic carbocycles. The van der Waals surface area contributed by atoms with E-state index in [-0.39, 0.29) is 0 Å². The summed E-state index contributed by atoms with van der Waals surface area (Å²) in [6.07, 6.45) is 6.50. The van der Waals surface area contributed by atoms with Crippen LogP contribution in [0.5, 0.6) is 0 Å². The van der Waals surface area contributed by atoms with Gasteiger partial charge in [0.25, 0.3) is 0 Å². The number of anilines is 1. The van der Waals surface area contributed by atoms with Gasteiger partial charge in [0.05, 0.1) is 5.52 Å². The van der Waals surface area contributed by atoms with Crippen molar-refractivity contribution in [3.63, 3.8) is 0 Å². The average molecular weight is 419 g/mol. The SMILES string of the molecule is CSc1ccccc1CN1CCN(c2ncnc3ccc(C(C=N)=CN)cc23)CC1. The van der Waals surface area contributed by atoms with Crippen molar-refractivity contribution in [2.45, 2.75) is 11.4 Å². The van der Waals surface area contributed by atoms with Gasteiger partial charge in [0.1, 0.15) is 12.1 Å². The lowest BCUT2D eigenvalue weighted by molar-refractivity contribution is 0.248. The summed E-state index contributed by atoms with van der Waals surface area (Å²) in [5, 5.41) is 8.57. The van der Waals surface area contributed by atoms with E-state index in [2.05, 4.69) is 50.3 Å². The molecule has 0 saturated carbocycles. The average Bonchev–Trinajstić information content (AvgIpc) is 2.80. The number of allylic oxidation sites excluding steroid dienone is 1. The molecule has 7 heteroatoms. The maximum Gasteiger partial charge on any atom is 0.139 e. The number of hydrogen-bond acceptors (Lipinski definition) is 7. The van der Waals surface area contributed by atoms with Gasteiger partial charge in [0.15, 0.2) is 0 Å². The van der Waals surface area contributed by atoms with Crippen LogP contribution in [0.2, 0.25) is 0 Å². The van der Waals surface area contributed by atoms with Gasteiger partial charge in [-0.2, -0.15) is 0 Å². The highest BCUT2D eigenvalue weighted by molar-refractivity contribution is 7.98. The van der Waals surface area contributed by atoms with E-state index >= 15 is 0 Å². The van der Waals surface area contributed by atoms with E-state index in [1.807, 2.05) is 18.2 Å². The molecule has 0 bridgehead atoms. The molecule has 0 amide bonds. The molecule has 2 aromatic carbocycles. The van der Waals surface area contributed by atoms with E-state index in [4.69, 9.17) is 11.1 Å². The van der Waals surface area contributed by atoms with Crippen LogP contribution in [-0.2, 0) is 6.54 Å². The summed E-state index contributed by atoms with van der Waals surface area (Å²) in [6.45, 7) is 4.79. The third-order valence-corrected chi connectivity index (χ3v) is 6.38. The van der Waals surface area contributed by atoms with Gasteiger partial charge in [-0.15, -0.1) is 11.8 Å². The van der Waals surface area contributed by atoms with Crippen LogP contribution in [0.25, 0.3) is 16.5 Å². The molecule has 0 atom stereocenters. The van der Waals surface area contributed by atoms with Crippen LogP contribution in [0.1, 0.15) is 11.1 Å². The van der Waals surface area contributed by atoms with Gasteiger partial charge in [-0.3, -0.25) is 4.90 Å². The molecule has 1 saturated heterocycles. The van der Waals surface area contributed by atoms with Gasteiger partial charge in [0, 0.05) is 61.0 Å². The van der Waals surface area contributed by atoms with Crippen LogP contribution in [0, 0.1) is 5.41 Å². The minimum Gasteiger partial charge on any atom is -0.404 e. The van der Waals surface area contributed by atoms with Crippen molar-refractivity contribution in [1.29, 1.82) is 5.41 Å². The van der Waals surface area contributed by atoms with E-state index in [1.54, 1.807) is 18.1 Å². The van der Waals surface area contributed by atoms with Crippen LogP contribution in [0.15, 0.2) is 59.9 Å². The van der Waals surface area contributed by atoms with Crippen LogP contribution in [0.3, 0.4) is 0 Å². The number of piperazine rings is 1. The number of nitrogens with one attached hydrogen (secondary N) is 1. The first-order chi connectivity index (χ1) is 14.7. The smallest absolute Gasteiger partial charge is 0.139 e. The summed E-state index contributed by atoms with van der Waals surface area (Å²) in [4.78, 5) is 15.2. The molecule has 154 valence electrons. The third kappa shape index (κ3) is 4.17. The Kier molecular flexibility index (Phi) is 6.30. The first-order valence-electron chi connectivity index (χ1n) is 10.00. The van der Waals surface area contributed by atoms with Crippen molar-refractivity contribution >= 4 is 40.3 Å². The molecule has 3 aromatic rings. The largest absolute Gasteiger partial charge is 0.404 e. The van der Waals surface area contributed by atoms with Gasteiger partial charge < -0.3 is 16.0 Å². The number of hydrogen-bond donors (Lipinski definition) is 2. The molecule has 1 aliphatic heterocycles. The monoisotopic (exact) mass is 418 g/mol. The highest BCUT2D eigenvalue weighted by atomic mass is 32.2. The fraction of sp³-hybridized carbons (Fsp3) is 0.261. The predicted molar refractivity (Wildman–Crippen MR) is 126 cm³/mol. The Balaban J connectivity index is 1.53. The maximum atomic E-state index is 7.58. The highest BCUT2D eigenvalue weighted by Crippen LogP contribution is 2.28. The Morgan fingerprint density at radius 2 is 1.93 bits per heavy atom. The van der Waals surface area contributed by atoms with Crippen LogP contribution in [-0.4, -0.2) is 53.5 Å². The lowest BCUT2D eigenvalue weighted by atomic mass is 10.0. The van der Waals surface area contributed by atoms with Gasteiger partial charge in [-0.05, 0) is 35.6 Å². The molecule has 1 fully saturated rings. The lowest BCUT2D eigenvalue weighted by Gasteiger charge is -2.36. The number of rotatable bonds is 6. The Morgan fingerprint density at radius 1 is 1.13 bits per heavy atom. The van der Waals surface area contributed by atoms with Crippen molar-refractivity contribution in [1.82, 2.24) is 14.9 Å². The van der Waals surface area contributed by atoms with E-state index in [9.17, 15) is 0 Å². The Morgan fingerprint density at radius 3 is 2.67 bits per heavy atom. The molecule has 6 nitrogen and oxygen atoms in total. The molecule has 0 radical (unpaired) electrons. The van der Waals surface area contributed by atoms with Crippen LogP contribution < -0.4 is 10.6 Å². The van der Waals surface area contributed by atoms with E-state index in [1.165, 1.54) is 22.9 Å². The van der Waals surface area contributed by atoms with Crippen molar-refractivity contribution in [2.24, 2.45) is 5.73 Å². The standard InChI is InChI=1S/C23H26N6S/c1-30-22-5-3-2-4-18(22)15-28-8-10-29(11-9-28)23-20-12-17(19(13-24)14-25)6-7-21(20)26-16-27-23/h2-7,12-14,16,24H,8-11,15,25H2,1H3. The van der Waals surface area contributed by atoms with Gasteiger partial charge in [0.2, 0.25) is 0 Å². The van der Waals surface area contributed by atoms with Crippen molar-refractivity contribution in [3.8, 4) is 0 Å². The van der Waals surface area contributed by atoms with Crippen LogP contribution in [0.4, 0.5) is 5.82 Å². The summed E-state index contributed by atoms with van der Waals surface area (Å²) >= 11 is 1.81. The zero-order chi connectivity index (χ0) is 20.9. The second-order valence-corrected chi connectivity index (χ2v) is 8.12. The van der Waals surface area contributed by atoms with E-state index < -0.39 is 0 Å². The minimum absolute atomic E-state index is 0.684. The predicted octanol–water partition coefficient (Wildman–Crippen LogP) is 3.62. The molecule has 0 unspecified atom stereocenters. The fourth-order valence-electron chi connectivity index (χ4n) is 3.89. The number of nitrogens with zero attached hydrogens (tertiary/aromatic N) is 4. The number of fused-ring (bicyclic) bond motifs is 1. The second-order valence-electron chi connectivity index (χ2n) is 7.27. The lowest BCUT2D eigenvalue weighted by Crippen LogP contribution is -2.46. The first-order valence-corrected chi connectivity index (χ1v) is 11.2. The normalized spacial score (nSPS) is 15.5. The molecule has 0 spiro atoms. The van der Waals surface area contributed by atoms with Crippen LogP contribution >= 0.6 is 11.8 Å². The summed E-state index contributed by atoms with van der Waals surface area (Å²) in [5.74, 6) is 0.951. The molecule has 1 aliphatic rings. The molecule has 3 N–H and O–H groups in total. The number of aromatic nitrogens is 2. The second kappa shape index (κ2) is 9.28. The number of benzene rings is 2. The maximum absolute atomic E-state index is 7.58. The zero-order valence-electron chi connectivity index (χ0n) is 17.1. The van der Waals surface area contributed by atoms with Gasteiger partial charge in [-0.25, -0.2) is 9.97 Å². The van der Waals surface area contributed by atoms with E-state index in [0.717, 1.165) is 55.0 Å². The Labute approximate surface area is 181 Å². The Hall–Kier alpha value is -2.90. The molecular weight excluding hydrogens is 392 g/mol. The summed E-state index contributed by atoms with van der Waals surface area (Å²) in [7, 11) is 0. The molecule has 2 heterocycles. The van der Waals surface area contributed by atoms with E-state index in [0.29, 0.717) is 5.57 Å². The minimum atomic E-state index is 0.684. The fourth-order valence-corrected chi connectivity index (χ4v) is 4.50. The van der Waals surface area contributed by atoms with Gasteiger partial charge >= 0.3 is 0 Å². The number of nitrogens with two attached hydrogens (primary N) is 1. The molecular formula is C23H26N6S. The molecule has 1 aromatic heterocycles. The summed E-state index contributed by atoms with van der Waals surface area (Å²) in [5.41, 5.74) is 9.56. The molecule has 4 rings (SSSR count). The third-order valence-electron chi connectivity index (χ3n) is 5.54. The van der Waals surface area contributed by atoms with Crippen molar-refractivity contribution < 1.29 is 0 Å². The summed E-state index contributed by atoms with van der Waals surface area (Å²) in [6, 6.07) is 14.6. The first kappa shape index (κ1) is 20.4. The van der Waals surface area contributed by atoms with Gasteiger partial charge in [-0.1, -0.05) is 24.3 Å². The van der Waals surface area contributed by atoms with Crippen molar-refractivity contribution in [3.05, 3.63) is 66.1 Å². The summed E-state index contributed by atoms with van der Waals surface area (Å²) < 4.78 is 0. The topological polar surface area (TPSA) is 82.1 Å².